The number of nitrogens with zero attached hydrogens (tertiary/aromatic N) is 4. The summed E-state index contributed by atoms with van der Waals surface area (Å²) in [4.78, 5) is 11.9. The fraction of sp³-hybridized carbons (Fsp3) is 0.643. The number of aromatic nitrogens is 4. The molecule has 0 saturated heterocycles. The zero-order valence-electron chi connectivity index (χ0n) is 12.1. The normalized spacial score (nSPS) is 16.1. The van der Waals surface area contributed by atoms with Crippen molar-refractivity contribution in [3.05, 3.63) is 11.9 Å². The van der Waals surface area contributed by atoms with Crippen molar-refractivity contribution in [3.8, 4) is 0 Å². The van der Waals surface area contributed by atoms with Crippen molar-refractivity contribution in [2.45, 2.75) is 51.6 Å². The van der Waals surface area contributed by atoms with E-state index in [1.165, 1.54) is 12.8 Å². The first kappa shape index (κ1) is 13.1. The summed E-state index contributed by atoms with van der Waals surface area (Å²) in [6.07, 6.45) is 7.00. The molecule has 2 aromatic rings. The molecule has 2 heterocycles. The van der Waals surface area contributed by atoms with Crippen LogP contribution in [0.5, 0.6) is 0 Å². The molecule has 1 aliphatic carbocycles. The molecule has 1 amide bonds. The SMILES string of the molecule is Cc1nn(C)c2cnn(CCC(=O)NC3CCCC3)c12. The smallest absolute Gasteiger partial charge is 0.222 e. The predicted octanol–water partition coefficient (Wildman–Crippen LogP) is 1.53. The average molecular weight is 275 g/mol. The first-order valence-corrected chi connectivity index (χ1v) is 7.29. The molecule has 1 fully saturated rings. The molecule has 1 saturated carbocycles. The maximum Gasteiger partial charge on any atom is 0.222 e. The molecule has 20 heavy (non-hydrogen) atoms. The number of hydrogen-bond acceptors (Lipinski definition) is 3. The van der Waals surface area contributed by atoms with Gasteiger partial charge >= 0.3 is 0 Å². The van der Waals surface area contributed by atoms with Crippen LogP contribution < -0.4 is 5.32 Å². The van der Waals surface area contributed by atoms with Gasteiger partial charge in [-0.2, -0.15) is 10.2 Å². The van der Waals surface area contributed by atoms with E-state index < -0.39 is 0 Å². The maximum absolute atomic E-state index is 11.9. The highest BCUT2D eigenvalue weighted by Crippen LogP contribution is 2.18. The fourth-order valence-electron chi connectivity index (χ4n) is 3.06. The standard InChI is InChI=1S/C14H21N5O/c1-10-14-12(18(2)17-10)9-15-19(14)8-7-13(20)16-11-5-3-4-6-11/h9,11H,3-8H2,1-2H3,(H,16,20). The number of fused-ring (bicyclic) bond motifs is 1. The summed E-state index contributed by atoms with van der Waals surface area (Å²) in [5.74, 6) is 0.127. The first-order chi connectivity index (χ1) is 9.65. The van der Waals surface area contributed by atoms with Crippen LogP contribution in [0.1, 0.15) is 37.8 Å². The van der Waals surface area contributed by atoms with E-state index in [0.29, 0.717) is 19.0 Å². The van der Waals surface area contributed by atoms with Crippen LogP contribution in [0.2, 0.25) is 0 Å². The minimum Gasteiger partial charge on any atom is -0.353 e. The molecule has 6 heteroatoms. The van der Waals surface area contributed by atoms with Crippen LogP contribution in [0.15, 0.2) is 6.20 Å². The van der Waals surface area contributed by atoms with Gasteiger partial charge in [0.1, 0.15) is 11.0 Å². The molecule has 0 aromatic carbocycles. The first-order valence-electron chi connectivity index (χ1n) is 7.29. The highest BCUT2D eigenvalue weighted by Gasteiger charge is 2.17. The molecule has 0 atom stereocenters. The van der Waals surface area contributed by atoms with Gasteiger partial charge in [-0.3, -0.25) is 14.2 Å². The average Bonchev–Trinajstić information content (AvgIpc) is 3.08. The summed E-state index contributed by atoms with van der Waals surface area (Å²) in [7, 11) is 1.91. The third-order valence-corrected chi connectivity index (χ3v) is 4.08. The molecule has 2 aromatic heterocycles. The number of carbonyl (C=O) groups is 1. The lowest BCUT2D eigenvalue weighted by atomic mass is 10.2. The van der Waals surface area contributed by atoms with Gasteiger partial charge in [0.15, 0.2) is 0 Å². The van der Waals surface area contributed by atoms with Gasteiger partial charge in [0.2, 0.25) is 5.91 Å². The highest BCUT2D eigenvalue weighted by atomic mass is 16.1. The van der Waals surface area contributed by atoms with E-state index in [-0.39, 0.29) is 5.91 Å². The summed E-state index contributed by atoms with van der Waals surface area (Å²) in [5, 5.41) is 11.8. The molecule has 0 spiro atoms. The number of aryl methyl sites for hydroxylation is 3. The fourth-order valence-corrected chi connectivity index (χ4v) is 3.06. The van der Waals surface area contributed by atoms with Crippen molar-refractivity contribution >= 4 is 16.9 Å². The van der Waals surface area contributed by atoms with Crippen LogP contribution in [0, 0.1) is 6.92 Å². The Hall–Kier alpha value is -1.85. The Morgan fingerprint density at radius 1 is 1.45 bits per heavy atom. The molecule has 1 aliphatic rings. The minimum atomic E-state index is 0.127. The van der Waals surface area contributed by atoms with Crippen LogP contribution in [-0.4, -0.2) is 31.5 Å². The van der Waals surface area contributed by atoms with E-state index >= 15 is 0 Å². The van der Waals surface area contributed by atoms with Gasteiger partial charge in [-0.15, -0.1) is 0 Å². The van der Waals surface area contributed by atoms with E-state index in [1.54, 1.807) is 0 Å². The van der Waals surface area contributed by atoms with Crippen molar-refractivity contribution in [1.29, 1.82) is 0 Å². The Bertz CT molecular complexity index is 621. The molecular weight excluding hydrogens is 254 g/mol. The lowest BCUT2D eigenvalue weighted by Gasteiger charge is -2.11. The van der Waals surface area contributed by atoms with Crippen molar-refractivity contribution in [2.24, 2.45) is 7.05 Å². The Morgan fingerprint density at radius 2 is 2.20 bits per heavy atom. The molecule has 0 aliphatic heterocycles. The minimum absolute atomic E-state index is 0.127. The molecule has 3 rings (SSSR count). The molecule has 1 N–H and O–H groups in total. The van der Waals surface area contributed by atoms with E-state index in [2.05, 4.69) is 15.5 Å². The second-order valence-electron chi connectivity index (χ2n) is 5.61. The number of amides is 1. The Balaban J connectivity index is 1.63. The third-order valence-electron chi connectivity index (χ3n) is 4.08. The maximum atomic E-state index is 11.9. The van der Waals surface area contributed by atoms with Crippen LogP contribution >= 0.6 is 0 Å². The molecule has 0 radical (unpaired) electrons. The van der Waals surface area contributed by atoms with Crippen LogP contribution in [0.25, 0.3) is 11.0 Å². The second kappa shape index (κ2) is 5.26. The molecular formula is C14H21N5O. The van der Waals surface area contributed by atoms with E-state index in [9.17, 15) is 4.79 Å². The van der Waals surface area contributed by atoms with Crippen molar-refractivity contribution in [3.63, 3.8) is 0 Å². The number of carbonyl (C=O) groups excluding carboxylic acids is 1. The summed E-state index contributed by atoms with van der Waals surface area (Å²) in [5.41, 5.74) is 3.00. The van der Waals surface area contributed by atoms with Gasteiger partial charge in [-0.05, 0) is 19.8 Å². The van der Waals surface area contributed by atoms with Crippen molar-refractivity contribution < 1.29 is 4.79 Å². The third kappa shape index (κ3) is 2.42. The van der Waals surface area contributed by atoms with Gasteiger partial charge in [-0.25, -0.2) is 0 Å². The predicted molar refractivity (Wildman–Crippen MR) is 76.3 cm³/mol. The zero-order valence-corrected chi connectivity index (χ0v) is 12.1. The van der Waals surface area contributed by atoms with Gasteiger partial charge in [-0.1, -0.05) is 12.8 Å². The van der Waals surface area contributed by atoms with Crippen molar-refractivity contribution in [2.75, 3.05) is 0 Å². The quantitative estimate of drug-likeness (QED) is 0.920. The summed E-state index contributed by atoms with van der Waals surface area (Å²) < 4.78 is 3.71. The lowest BCUT2D eigenvalue weighted by molar-refractivity contribution is -0.122. The molecule has 0 bridgehead atoms. The molecule has 6 nitrogen and oxygen atoms in total. The van der Waals surface area contributed by atoms with E-state index in [0.717, 1.165) is 29.6 Å². The van der Waals surface area contributed by atoms with Crippen molar-refractivity contribution in [1.82, 2.24) is 24.9 Å². The van der Waals surface area contributed by atoms with E-state index in [4.69, 9.17) is 0 Å². The van der Waals surface area contributed by atoms with E-state index in [1.807, 2.05) is 29.5 Å². The molecule has 108 valence electrons. The Labute approximate surface area is 118 Å². The number of hydrogen-bond donors (Lipinski definition) is 1. The van der Waals surface area contributed by atoms with Gasteiger partial charge < -0.3 is 5.32 Å². The summed E-state index contributed by atoms with van der Waals surface area (Å²) in [6.45, 7) is 2.58. The largest absolute Gasteiger partial charge is 0.353 e. The van der Waals surface area contributed by atoms with Crippen LogP contribution in [0.3, 0.4) is 0 Å². The highest BCUT2D eigenvalue weighted by molar-refractivity contribution is 5.78. The monoisotopic (exact) mass is 275 g/mol. The van der Waals surface area contributed by atoms with Crippen LogP contribution in [-0.2, 0) is 18.4 Å². The Kier molecular flexibility index (Phi) is 3.46. The van der Waals surface area contributed by atoms with Crippen LogP contribution in [0.4, 0.5) is 0 Å². The lowest BCUT2D eigenvalue weighted by Crippen LogP contribution is -2.33. The van der Waals surface area contributed by atoms with Gasteiger partial charge in [0.05, 0.1) is 18.4 Å². The summed E-state index contributed by atoms with van der Waals surface area (Å²) in [6, 6.07) is 0.389. The number of nitrogens with one attached hydrogen (secondary N) is 1. The molecule has 0 unspecified atom stereocenters. The Morgan fingerprint density at radius 3 is 2.95 bits per heavy atom. The second-order valence-corrected chi connectivity index (χ2v) is 5.61. The summed E-state index contributed by atoms with van der Waals surface area (Å²) >= 11 is 0. The van der Waals surface area contributed by atoms with Gasteiger partial charge in [0, 0.05) is 19.5 Å². The zero-order chi connectivity index (χ0) is 14.1. The van der Waals surface area contributed by atoms with Gasteiger partial charge in [0.25, 0.3) is 0 Å². The number of rotatable bonds is 4. The topological polar surface area (TPSA) is 64.7 Å².